The molecule has 9 heavy (non-hydrogen) atoms. The van der Waals surface area contributed by atoms with Gasteiger partial charge in [-0.1, -0.05) is 0 Å². The van der Waals surface area contributed by atoms with Crippen molar-refractivity contribution >= 4 is 6.02 Å². The normalized spacial score (nSPS) is 18.7. The third-order valence-corrected chi connectivity index (χ3v) is 1.06. The molecule has 0 bridgehead atoms. The molecule has 2 N–H and O–H groups in total. The summed E-state index contributed by atoms with van der Waals surface area (Å²) in [4.78, 5) is 0. The number of amidine groups is 1. The molecular formula is C4H10N4O. The fraction of sp³-hybridized carbons (Fsp3) is 0.750. The molecule has 0 saturated carbocycles. The Morgan fingerprint density at radius 3 is 2.67 bits per heavy atom. The summed E-state index contributed by atoms with van der Waals surface area (Å²) in [6.45, 7) is 2.61. The molecule has 0 radical (unpaired) electrons. The smallest absolute Gasteiger partial charge is 0.324 e. The molecule has 0 unspecified atom stereocenters. The Hall–Kier alpha value is -0.970. The van der Waals surface area contributed by atoms with E-state index in [0.717, 1.165) is 0 Å². The number of nitrogens with one attached hydrogen (secondary N) is 1. The summed E-state index contributed by atoms with van der Waals surface area (Å²) in [6.07, 6.45) is 0. The van der Waals surface area contributed by atoms with Crippen LogP contribution in [0.4, 0.5) is 0 Å². The monoisotopic (exact) mass is 130 g/mol. The van der Waals surface area contributed by atoms with E-state index in [1.165, 1.54) is 10.1 Å². The molecule has 5 nitrogen and oxygen atoms in total. The third-order valence-electron chi connectivity index (χ3n) is 1.06. The molecule has 0 fully saturated rings. The van der Waals surface area contributed by atoms with Gasteiger partial charge in [0.05, 0.1) is 0 Å². The van der Waals surface area contributed by atoms with Crippen molar-refractivity contribution in [3.05, 3.63) is 0 Å². The van der Waals surface area contributed by atoms with Gasteiger partial charge in [-0.3, -0.25) is 0 Å². The summed E-state index contributed by atoms with van der Waals surface area (Å²) in [5, 5.41) is 15.6. The molecule has 0 aromatic heterocycles. The fourth-order valence-corrected chi connectivity index (χ4v) is 0.642. The van der Waals surface area contributed by atoms with E-state index >= 15 is 0 Å². The second kappa shape index (κ2) is 2.10. The van der Waals surface area contributed by atoms with Crippen LogP contribution in [0, 0.1) is 0 Å². The molecule has 0 aromatic rings. The number of hydrazone groups is 1. The molecule has 52 valence electrons. The first-order valence-corrected chi connectivity index (χ1v) is 2.79. The van der Waals surface area contributed by atoms with E-state index in [1.54, 1.807) is 7.05 Å². The van der Waals surface area contributed by atoms with E-state index in [-0.39, 0.29) is 6.02 Å². The molecule has 0 amide bonds. The molecule has 0 spiro atoms. The molecule has 0 aromatic carbocycles. The largest absolute Gasteiger partial charge is 0.478 e. The lowest BCUT2D eigenvalue weighted by Gasteiger charge is -2.14. The molecule has 0 atom stereocenters. The molecule has 1 heterocycles. The number of aliphatic hydroxyl groups excluding tert-OH is 1. The zero-order valence-electron chi connectivity index (χ0n) is 5.50. The summed E-state index contributed by atoms with van der Waals surface area (Å²) in [7, 11) is 1.71. The summed E-state index contributed by atoms with van der Waals surface area (Å²) in [5.41, 5.74) is 2.77. The molecule has 1 aliphatic rings. The maximum absolute atomic E-state index is 8.93. The van der Waals surface area contributed by atoms with Crippen LogP contribution in [0.2, 0.25) is 0 Å². The van der Waals surface area contributed by atoms with Gasteiger partial charge in [0.1, 0.15) is 0 Å². The Balaban J connectivity index is 2.53. The zero-order valence-corrected chi connectivity index (χ0v) is 5.50. The van der Waals surface area contributed by atoms with Gasteiger partial charge >= 0.3 is 6.02 Å². The minimum absolute atomic E-state index is 0.0139. The molecule has 1 rings (SSSR count). The minimum atomic E-state index is 0.0139. The Morgan fingerprint density at radius 2 is 2.44 bits per heavy atom. The molecular weight excluding hydrogens is 120 g/mol. The van der Waals surface area contributed by atoms with Crippen molar-refractivity contribution in [3.8, 4) is 0 Å². The van der Waals surface area contributed by atoms with Gasteiger partial charge in [0.15, 0.2) is 0 Å². The van der Waals surface area contributed by atoms with Crippen molar-refractivity contribution < 1.29 is 5.11 Å². The van der Waals surface area contributed by atoms with Crippen LogP contribution in [0.3, 0.4) is 0 Å². The summed E-state index contributed by atoms with van der Waals surface area (Å²) in [6, 6.07) is 0.0139. The van der Waals surface area contributed by atoms with Gasteiger partial charge in [-0.2, -0.15) is 0 Å². The zero-order chi connectivity index (χ0) is 6.85. The number of rotatable bonds is 1. The highest BCUT2D eigenvalue weighted by molar-refractivity contribution is 5.71. The van der Waals surface area contributed by atoms with Gasteiger partial charge < -0.3 is 5.11 Å². The third kappa shape index (κ3) is 1.05. The lowest BCUT2D eigenvalue weighted by Crippen LogP contribution is -2.41. The highest BCUT2D eigenvalue weighted by atomic mass is 16.3. The number of hydrazine groups is 2. The standard InChI is InChI=1S/C4H10N4O/c1-3-8-4(9)5-7(2)6-8/h6H,3H2,1-2H3,(H,5,9). The van der Waals surface area contributed by atoms with Crippen molar-refractivity contribution in [2.24, 2.45) is 5.10 Å². The Bertz CT molecular complexity index is 135. The predicted octanol–water partition coefficient (Wildman–Crippen LogP) is -0.498. The molecule has 0 saturated heterocycles. The van der Waals surface area contributed by atoms with Gasteiger partial charge in [-0.25, -0.2) is 10.1 Å². The summed E-state index contributed by atoms with van der Waals surface area (Å²) >= 11 is 0. The van der Waals surface area contributed by atoms with Crippen LogP contribution in [-0.2, 0) is 0 Å². The lowest BCUT2D eigenvalue weighted by molar-refractivity contribution is 0.141. The molecule has 0 aliphatic carbocycles. The fourth-order valence-electron chi connectivity index (χ4n) is 0.642. The van der Waals surface area contributed by atoms with Crippen LogP contribution in [-0.4, -0.2) is 34.8 Å². The second-order valence-corrected chi connectivity index (χ2v) is 1.77. The Morgan fingerprint density at radius 1 is 1.78 bits per heavy atom. The van der Waals surface area contributed by atoms with E-state index in [2.05, 4.69) is 10.6 Å². The van der Waals surface area contributed by atoms with E-state index in [9.17, 15) is 0 Å². The first kappa shape index (κ1) is 6.15. The summed E-state index contributed by atoms with van der Waals surface area (Å²) < 4.78 is 0. The highest BCUT2D eigenvalue weighted by Gasteiger charge is 2.15. The van der Waals surface area contributed by atoms with Crippen LogP contribution in [0.5, 0.6) is 0 Å². The van der Waals surface area contributed by atoms with Crippen molar-refractivity contribution in [1.82, 2.24) is 15.7 Å². The van der Waals surface area contributed by atoms with Gasteiger partial charge in [0.2, 0.25) is 0 Å². The Labute approximate surface area is 53.5 Å². The maximum atomic E-state index is 8.93. The van der Waals surface area contributed by atoms with Crippen molar-refractivity contribution in [2.75, 3.05) is 13.6 Å². The van der Waals surface area contributed by atoms with Crippen molar-refractivity contribution in [2.45, 2.75) is 6.92 Å². The van der Waals surface area contributed by atoms with Gasteiger partial charge in [-0.05, 0) is 6.92 Å². The minimum Gasteiger partial charge on any atom is -0.478 e. The SMILES string of the molecule is CCN1NN(C)N=C1O. The maximum Gasteiger partial charge on any atom is 0.324 e. The number of hydrogen-bond acceptors (Lipinski definition) is 4. The molecule has 5 heteroatoms. The first-order valence-electron chi connectivity index (χ1n) is 2.79. The summed E-state index contributed by atoms with van der Waals surface area (Å²) in [5.74, 6) is 0. The highest BCUT2D eigenvalue weighted by Crippen LogP contribution is 1.94. The van der Waals surface area contributed by atoms with Crippen molar-refractivity contribution in [1.29, 1.82) is 0 Å². The van der Waals surface area contributed by atoms with Crippen LogP contribution >= 0.6 is 0 Å². The topological polar surface area (TPSA) is 51.1 Å². The van der Waals surface area contributed by atoms with E-state index in [0.29, 0.717) is 6.54 Å². The van der Waals surface area contributed by atoms with Crippen LogP contribution in [0.25, 0.3) is 0 Å². The van der Waals surface area contributed by atoms with Gasteiger partial charge in [0, 0.05) is 13.6 Å². The number of nitrogens with zero attached hydrogens (tertiary/aromatic N) is 3. The average molecular weight is 130 g/mol. The van der Waals surface area contributed by atoms with Gasteiger partial charge in [-0.15, -0.1) is 10.6 Å². The van der Waals surface area contributed by atoms with Crippen LogP contribution in [0.15, 0.2) is 5.10 Å². The second-order valence-electron chi connectivity index (χ2n) is 1.77. The lowest BCUT2D eigenvalue weighted by atomic mass is 10.7. The van der Waals surface area contributed by atoms with E-state index in [1.807, 2.05) is 6.92 Å². The number of hydrogen-bond donors (Lipinski definition) is 2. The first-order chi connectivity index (χ1) is 4.24. The molecule has 1 aliphatic heterocycles. The predicted molar refractivity (Wildman–Crippen MR) is 33.3 cm³/mol. The van der Waals surface area contributed by atoms with Crippen LogP contribution in [0.1, 0.15) is 6.92 Å². The van der Waals surface area contributed by atoms with Crippen molar-refractivity contribution in [3.63, 3.8) is 0 Å². The van der Waals surface area contributed by atoms with E-state index < -0.39 is 0 Å². The van der Waals surface area contributed by atoms with Crippen LogP contribution < -0.4 is 5.53 Å². The average Bonchev–Trinajstić information content (AvgIpc) is 2.10. The van der Waals surface area contributed by atoms with Gasteiger partial charge in [0.25, 0.3) is 0 Å². The van der Waals surface area contributed by atoms with E-state index in [4.69, 9.17) is 5.11 Å². The Kier molecular flexibility index (Phi) is 1.44. The number of aliphatic hydroxyl groups is 1. The quantitative estimate of drug-likeness (QED) is 0.502.